The van der Waals surface area contributed by atoms with Crippen molar-refractivity contribution >= 4 is 23.5 Å². The number of carbonyl (C=O) groups is 2. The molecular weight excluding hydrogens is 430 g/mol. The Labute approximate surface area is 191 Å². The van der Waals surface area contributed by atoms with Crippen LogP contribution in [0, 0.1) is 0 Å². The van der Waals surface area contributed by atoms with Gasteiger partial charge in [0.2, 0.25) is 0 Å². The molecule has 6 nitrogen and oxygen atoms in total. The van der Waals surface area contributed by atoms with E-state index in [2.05, 4.69) is 5.32 Å². The third-order valence-electron chi connectivity index (χ3n) is 5.18. The number of benzene rings is 2. The molecule has 1 atom stereocenters. The second kappa shape index (κ2) is 10.2. The Morgan fingerprint density at radius 1 is 1.09 bits per heavy atom. The first-order valence-corrected chi connectivity index (χ1v) is 10.4. The van der Waals surface area contributed by atoms with Crippen molar-refractivity contribution in [2.24, 2.45) is 0 Å². The fourth-order valence-corrected chi connectivity index (χ4v) is 3.89. The zero-order valence-electron chi connectivity index (χ0n) is 18.0. The molecular formula is C25H24ClNO5. The molecule has 0 saturated carbocycles. The smallest absolute Gasteiger partial charge is 0.341 e. The van der Waals surface area contributed by atoms with Gasteiger partial charge in [0.1, 0.15) is 5.75 Å². The van der Waals surface area contributed by atoms with E-state index in [1.807, 2.05) is 24.3 Å². The topological polar surface area (TPSA) is 84.9 Å². The Balaban J connectivity index is 1.83. The van der Waals surface area contributed by atoms with Crippen LogP contribution in [0.5, 0.6) is 5.75 Å². The molecule has 0 fully saturated rings. The number of carboxylic acid groups (broad SMARTS) is 1. The van der Waals surface area contributed by atoms with Crippen LogP contribution in [-0.2, 0) is 20.7 Å². The van der Waals surface area contributed by atoms with Crippen molar-refractivity contribution in [3.63, 3.8) is 0 Å². The summed E-state index contributed by atoms with van der Waals surface area (Å²) in [6.07, 6.45) is 3.61. The predicted molar refractivity (Wildman–Crippen MR) is 122 cm³/mol. The van der Waals surface area contributed by atoms with Crippen LogP contribution in [0.4, 0.5) is 0 Å². The lowest BCUT2D eigenvalue weighted by Gasteiger charge is -2.29. The molecule has 2 N–H and O–H groups in total. The molecule has 0 amide bonds. The normalized spacial score (nSPS) is 16.2. The number of ether oxygens (including phenoxy) is 2. The highest BCUT2D eigenvalue weighted by molar-refractivity contribution is 6.30. The zero-order chi connectivity index (χ0) is 23.3. The van der Waals surface area contributed by atoms with Crippen molar-refractivity contribution in [2.75, 3.05) is 7.11 Å². The van der Waals surface area contributed by atoms with Crippen molar-refractivity contribution in [3.05, 3.63) is 99.6 Å². The standard InChI is InChI=1S/C25H24ClNO5/c1-15-21(24(28)29)23(18-7-4-8-19(26)14-18)22(16(2)27-15)25(30)32-13-5-6-17-9-11-20(31-3)12-10-17/h4-5,7-14,23,27H,6H2,1-3H3,(H,28,29). The molecule has 0 saturated heterocycles. The summed E-state index contributed by atoms with van der Waals surface area (Å²) >= 11 is 6.14. The van der Waals surface area contributed by atoms with E-state index in [4.69, 9.17) is 21.1 Å². The number of hydrogen-bond donors (Lipinski definition) is 2. The van der Waals surface area contributed by atoms with Crippen molar-refractivity contribution in [3.8, 4) is 5.75 Å². The van der Waals surface area contributed by atoms with Crippen LogP contribution >= 0.6 is 11.6 Å². The van der Waals surface area contributed by atoms with Gasteiger partial charge in [0.25, 0.3) is 0 Å². The molecule has 7 heteroatoms. The fraction of sp³-hybridized carbons (Fsp3) is 0.200. The first-order chi connectivity index (χ1) is 15.3. The monoisotopic (exact) mass is 453 g/mol. The number of dihydropyridines is 1. The Morgan fingerprint density at radius 2 is 1.78 bits per heavy atom. The SMILES string of the molecule is COc1ccc(CC=COC(=O)C2=C(C)NC(C)=C(C(=O)O)C2c2cccc(Cl)c2)cc1. The molecule has 0 radical (unpaired) electrons. The highest BCUT2D eigenvalue weighted by Crippen LogP contribution is 2.39. The number of allylic oxidation sites excluding steroid dienone is 3. The summed E-state index contributed by atoms with van der Waals surface area (Å²) < 4.78 is 10.5. The molecule has 2 aromatic carbocycles. The molecule has 1 aliphatic rings. The van der Waals surface area contributed by atoms with Gasteiger partial charge >= 0.3 is 11.9 Å². The molecule has 2 aromatic rings. The molecule has 32 heavy (non-hydrogen) atoms. The number of esters is 1. The third kappa shape index (κ3) is 5.21. The maximum Gasteiger partial charge on any atom is 0.341 e. The van der Waals surface area contributed by atoms with Crippen molar-refractivity contribution in [2.45, 2.75) is 26.2 Å². The first-order valence-electron chi connectivity index (χ1n) is 9.98. The van der Waals surface area contributed by atoms with Gasteiger partial charge in [0.05, 0.1) is 30.4 Å². The van der Waals surface area contributed by atoms with Gasteiger partial charge in [-0.05, 0) is 61.7 Å². The zero-order valence-corrected chi connectivity index (χ0v) is 18.8. The minimum atomic E-state index is -1.12. The predicted octanol–water partition coefficient (Wildman–Crippen LogP) is 4.97. The summed E-state index contributed by atoms with van der Waals surface area (Å²) in [4.78, 5) is 25.1. The van der Waals surface area contributed by atoms with E-state index in [1.165, 1.54) is 6.26 Å². The van der Waals surface area contributed by atoms with Gasteiger partial charge in [-0.3, -0.25) is 0 Å². The van der Waals surface area contributed by atoms with E-state index in [9.17, 15) is 14.7 Å². The summed E-state index contributed by atoms with van der Waals surface area (Å²) in [5, 5.41) is 13.3. The van der Waals surface area contributed by atoms with E-state index in [0.717, 1.165) is 11.3 Å². The average molecular weight is 454 g/mol. The second-order valence-electron chi connectivity index (χ2n) is 7.32. The Bertz CT molecular complexity index is 1120. The summed E-state index contributed by atoms with van der Waals surface area (Å²) in [6, 6.07) is 14.4. The number of carboxylic acids is 1. The number of methoxy groups -OCH3 is 1. The largest absolute Gasteiger partial charge is 0.497 e. The lowest BCUT2D eigenvalue weighted by Crippen LogP contribution is -2.31. The molecule has 166 valence electrons. The number of halogens is 1. The maximum atomic E-state index is 13.0. The summed E-state index contributed by atoms with van der Waals surface area (Å²) in [5.74, 6) is -1.79. The van der Waals surface area contributed by atoms with Crippen LogP contribution in [-0.4, -0.2) is 24.2 Å². The fourth-order valence-electron chi connectivity index (χ4n) is 3.69. The summed E-state index contributed by atoms with van der Waals surface area (Å²) in [7, 11) is 1.61. The van der Waals surface area contributed by atoms with Gasteiger partial charge in [-0.1, -0.05) is 35.9 Å². The number of aliphatic carboxylic acids is 1. The lowest BCUT2D eigenvalue weighted by atomic mass is 9.80. The van der Waals surface area contributed by atoms with Crippen molar-refractivity contribution in [1.29, 1.82) is 0 Å². The van der Waals surface area contributed by atoms with Crippen molar-refractivity contribution in [1.82, 2.24) is 5.32 Å². The van der Waals surface area contributed by atoms with E-state index in [0.29, 0.717) is 28.4 Å². The number of rotatable bonds is 7. The summed E-state index contributed by atoms with van der Waals surface area (Å²) in [6.45, 7) is 3.39. The van der Waals surface area contributed by atoms with Gasteiger partial charge in [-0.2, -0.15) is 0 Å². The van der Waals surface area contributed by atoms with Gasteiger partial charge < -0.3 is 19.9 Å². The number of hydrogen-bond acceptors (Lipinski definition) is 5. The number of carbonyl (C=O) groups excluding carboxylic acids is 1. The lowest BCUT2D eigenvalue weighted by molar-refractivity contribution is -0.134. The van der Waals surface area contributed by atoms with Crippen LogP contribution in [0.1, 0.15) is 30.9 Å². The van der Waals surface area contributed by atoms with Crippen molar-refractivity contribution < 1.29 is 24.2 Å². The molecule has 1 unspecified atom stereocenters. The Kier molecular flexibility index (Phi) is 7.38. The van der Waals surface area contributed by atoms with Gasteiger partial charge in [-0.25, -0.2) is 9.59 Å². The van der Waals surface area contributed by atoms with Crippen LogP contribution < -0.4 is 10.1 Å². The number of nitrogens with one attached hydrogen (secondary N) is 1. The van der Waals surface area contributed by atoms with E-state index >= 15 is 0 Å². The minimum Gasteiger partial charge on any atom is -0.497 e. The highest BCUT2D eigenvalue weighted by atomic mass is 35.5. The van der Waals surface area contributed by atoms with Gasteiger partial charge in [-0.15, -0.1) is 0 Å². The quantitative estimate of drug-likeness (QED) is 0.455. The minimum absolute atomic E-state index is 0.0760. The third-order valence-corrected chi connectivity index (χ3v) is 5.41. The van der Waals surface area contributed by atoms with Gasteiger partial charge in [0.15, 0.2) is 0 Å². The van der Waals surface area contributed by atoms with Gasteiger partial charge in [0, 0.05) is 16.4 Å². The van der Waals surface area contributed by atoms with E-state index < -0.39 is 17.9 Å². The van der Waals surface area contributed by atoms with Crippen LogP contribution in [0.2, 0.25) is 5.02 Å². The molecule has 0 aromatic heterocycles. The second-order valence-corrected chi connectivity index (χ2v) is 7.76. The van der Waals surface area contributed by atoms with E-state index in [-0.39, 0.29) is 11.1 Å². The molecule has 3 rings (SSSR count). The highest BCUT2D eigenvalue weighted by Gasteiger charge is 2.37. The maximum absolute atomic E-state index is 13.0. The Hall–Kier alpha value is -3.51. The Morgan fingerprint density at radius 3 is 2.41 bits per heavy atom. The molecule has 0 spiro atoms. The molecule has 1 heterocycles. The van der Waals surface area contributed by atoms with Crippen LogP contribution in [0.15, 0.2) is 83.4 Å². The van der Waals surface area contributed by atoms with Crippen LogP contribution in [0.25, 0.3) is 0 Å². The molecule has 0 bridgehead atoms. The molecule has 0 aliphatic carbocycles. The van der Waals surface area contributed by atoms with Crippen LogP contribution in [0.3, 0.4) is 0 Å². The summed E-state index contributed by atoms with van der Waals surface area (Å²) in [5.41, 5.74) is 2.93. The molecule has 1 aliphatic heterocycles. The van der Waals surface area contributed by atoms with E-state index in [1.54, 1.807) is 51.3 Å². The average Bonchev–Trinajstić information content (AvgIpc) is 2.76. The first kappa shape index (κ1) is 23.2.